The van der Waals surface area contributed by atoms with Crippen molar-refractivity contribution >= 4 is 5.97 Å². The van der Waals surface area contributed by atoms with E-state index in [1.807, 2.05) is 6.26 Å². The van der Waals surface area contributed by atoms with Gasteiger partial charge in [-0.05, 0) is 19.9 Å². The minimum absolute atomic E-state index is 0.546. The monoisotopic (exact) mass is 364 g/mol. The largest absolute Gasteiger partial charge is 0.490 e. The van der Waals surface area contributed by atoms with E-state index >= 15 is 0 Å². The summed E-state index contributed by atoms with van der Waals surface area (Å²) >= 11 is 0. The molecule has 0 saturated carbocycles. The number of fused-ring (bicyclic) bond motifs is 2. The molecular weight excluding hydrogens is 341 g/mol. The molecule has 2 atom stereocenters. The zero-order chi connectivity index (χ0) is 18.6. The van der Waals surface area contributed by atoms with Crippen LogP contribution in [0.1, 0.15) is 19.4 Å². The number of alkyl halides is 3. The van der Waals surface area contributed by atoms with Gasteiger partial charge in [-0.3, -0.25) is 9.80 Å². The standard InChI is InChI=1S/C14H22N2O2.C2HF3O2/c1-11(2)16-13-6-15(5-12-3-4-17-8-12)7-14(16)10-18-9-13;3-2(4,5)1(6)7/h3-4,8,11,13-14H,5-7,9-10H2,1-2H3;(H,6,7). The van der Waals surface area contributed by atoms with Gasteiger partial charge in [-0.15, -0.1) is 0 Å². The van der Waals surface area contributed by atoms with Gasteiger partial charge in [0.05, 0.1) is 25.7 Å². The smallest absolute Gasteiger partial charge is 0.475 e. The normalized spacial score (nSPS) is 24.7. The molecule has 2 unspecified atom stereocenters. The van der Waals surface area contributed by atoms with Gasteiger partial charge >= 0.3 is 12.1 Å². The Hall–Kier alpha value is -1.58. The maximum Gasteiger partial charge on any atom is 0.490 e. The number of ether oxygens (including phenoxy) is 1. The van der Waals surface area contributed by atoms with Gasteiger partial charge in [0, 0.05) is 43.3 Å². The Morgan fingerprint density at radius 3 is 2.28 bits per heavy atom. The fraction of sp³-hybridized carbons (Fsp3) is 0.688. The summed E-state index contributed by atoms with van der Waals surface area (Å²) in [5.74, 6) is -2.76. The predicted molar refractivity (Wildman–Crippen MR) is 83.0 cm³/mol. The molecule has 0 radical (unpaired) electrons. The van der Waals surface area contributed by atoms with Crippen LogP contribution in [0.3, 0.4) is 0 Å². The van der Waals surface area contributed by atoms with E-state index in [1.165, 1.54) is 5.56 Å². The number of nitrogens with zero attached hydrogens (tertiary/aromatic N) is 2. The van der Waals surface area contributed by atoms with Crippen molar-refractivity contribution in [1.82, 2.24) is 9.80 Å². The van der Waals surface area contributed by atoms with E-state index in [0.29, 0.717) is 18.1 Å². The molecular formula is C16H23F3N2O4. The second-order valence-electron chi connectivity index (χ2n) is 6.51. The molecule has 142 valence electrons. The lowest BCUT2D eigenvalue weighted by atomic mass is 10.0. The molecule has 9 heteroatoms. The van der Waals surface area contributed by atoms with Crippen molar-refractivity contribution in [2.45, 2.75) is 44.7 Å². The number of morpholine rings is 1. The highest BCUT2D eigenvalue weighted by atomic mass is 19.4. The topological polar surface area (TPSA) is 66.2 Å². The van der Waals surface area contributed by atoms with Crippen LogP contribution in [0.15, 0.2) is 23.0 Å². The van der Waals surface area contributed by atoms with Gasteiger partial charge in [-0.2, -0.15) is 13.2 Å². The predicted octanol–water partition coefficient (Wildman–Crippen LogP) is 2.21. The van der Waals surface area contributed by atoms with Gasteiger partial charge in [-0.25, -0.2) is 4.79 Å². The van der Waals surface area contributed by atoms with Crippen molar-refractivity contribution in [3.05, 3.63) is 24.2 Å². The van der Waals surface area contributed by atoms with Crippen LogP contribution in [0.4, 0.5) is 13.2 Å². The summed E-state index contributed by atoms with van der Waals surface area (Å²) in [6.07, 6.45) is -1.48. The number of carboxylic acids is 1. The summed E-state index contributed by atoms with van der Waals surface area (Å²) in [7, 11) is 0. The summed E-state index contributed by atoms with van der Waals surface area (Å²) in [5, 5.41) is 7.12. The third kappa shape index (κ3) is 5.45. The average Bonchev–Trinajstić information content (AvgIpc) is 2.98. The Balaban J connectivity index is 0.000000277. The lowest BCUT2D eigenvalue weighted by Gasteiger charge is -2.51. The molecule has 2 aliphatic heterocycles. The molecule has 2 saturated heterocycles. The van der Waals surface area contributed by atoms with Crippen LogP contribution in [0.5, 0.6) is 0 Å². The Morgan fingerprint density at radius 1 is 1.32 bits per heavy atom. The highest BCUT2D eigenvalue weighted by Crippen LogP contribution is 2.24. The second-order valence-corrected chi connectivity index (χ2v) is 6.51. The van der Waals surface area contributed by atoms with Crippen LogP contribution in [0.25, 0.3) is 0 Å². The summed E-state index contributed by atoms with van der Waals surface area (Å²) in [6.45, 7) is 9.51. The number of furan rings is 1. The lowest BCUT2D eigenvalue weighted by molar-refractivity contribution is -0.192. The number of carbonyl (C=O) groups is 1. The molecule has 1 N–H and O–H groups in total. The molecule has 0 aromatic carbocycles. The van der Waals surface area contributed by atoms with E-state index in [1.54, 1.807) is 6.26 Å². The van der Waals surface area contributed by atoms with Crippen LogP contribution in [0, 0.1) is 0 Å². The van der Waals surface area contributed by atoms with Crippen LogP contribution >= 0.6 is 0 Å². The third-order valence-electron chi connectivity index (χ3n) is 4.23. The molecule has 2 fully saturated rings. The van der Waals surface area contributed by atoms with Crippen molar-refractivity contribution < 1.29 is 32.2 Å². The van der Waals surface area contributed by atoms with E-state index in [2.05, 4.69) is 29.7 Å². The average molecular weight is 364 g/mol. The lowest BCUT2D eigenvalue weighted by Crippen LogP contribution is -2.65. The molecule has 0 spiro atoms. The Bertz CT molecular complexity index is 534. The highest BCUT2D eigenvalue weighted by molar-refractivity contribution is 5.73. The summed E-state index contributed by atoms with van der Waals surface area (Å²) in [4.78, 5) is 14.1. The molecule has 3 rings (SSSR count). The number of hydrogen-bond donors (Lipinski definition) is 1. The first-order chi connectivity index (χ1) is 11.7. The van der Waals surface area contributed by atoms with Crippen molar-refractivity contribution in [3.63, 3.8) is 0 Å². The first kappa shape index (κ1) is 19.7. The minimum Gasteiger partial charge on any atom is -0.475 e. The molecule has 0 amide bonds. The molecule has 1 aromatic rings. The van der Waals surface area contributed by atoms with Crippen molar-refractivity contribution in [1.29, 1.82) is 0 Å². The van der Waals surface area contributed by atoms with Gasteiger partial charge in [0.15, 0.2) is 0 Å². The number of aliphatic carboxylic acids is 1. The van der Waals surface area contributed by atoms with Crippen molar-refractivity contribution in [2.24, 2.45) is 0 Å². The van der Waals surface area contributed by atoms with E-state index in [0.717, 1.165) is 32.8 Å². The number of hydrogen-bond acceptors (Lipinski definition) is 5. The van der Waals surface area contributed by atoms with Crippen molar-refractivity contribution in [2.75, 3.05) is 26.3 Å². The van der Waals surface area contributed by atoms with E-state index < -0.39 is 12.1 Å². The zero-order valence-electron chi connectivity index (χ0n) is 14.2. The minimum atomic E-state index is -5.08. The summed E-state index contributed by atoms with van der Waals surface area (Å²) in [6, 6.07) is 3.76. The number of carboxylic acid groups (broad SMARTS) is 1. The number of piperazine rings is 1. The third-order valence-corrected chi connectivity index (χ3v) is 4.23. The second kappa shape index (κ2) is 8.20. The Morgan fingerprint density at radius 2 is 1.88 bits per heavy atom. The van der Waals surface area contributed by atoms with E-state index in [-0.39, 0.29) is 0 Å². The maximum atomic E-state index is 10.6. The fourth-order valence-corrected chi connectivity index (χ4v) is 3.39. The van der Waals surface area contributed by atoms with Gasteiger partial charge < -0.3 is 14.3 Å². The van der Waals surface area contributed by atoms with Crippen LogP contribution < -0.4 is 0 Å². The highest BCUT2D eigenvalue weighted by Gasteiger charge is 2.39. The Kier molecular flexibility index (Phi) is 6.47. The van der Waals surface area contributed by atoms with Crippen LogP contribution in [0.2, 0.25) is 0 Å². The van der Waals surface area contributed by atoms with Gasteiger partial charge in [0.1, 0.15) is 0 Å². The molecule has 2 bridgehead atoms. The molecule has 25 heavy (non-hydrogen) atoms. The Labute approximate surface area is 144 Å². The number of rotatable bonds is 3. The van der Waals surface area contributed by atoms with Crippen LogP contribution in [-0.4, -0.2) is 71.5 Å². The molecule has 0 aliphatic carbocycles. The fourth-order valence-electron chi connectivity index (χ4n) is 3.39. The van der Waals surface area contributed by atoms with E-state index in [9.17, 15) is 13.2 Å². The van der Waals surface area contributed by atoms with Crippen molar-refractivity contribution in [3.8, 4) is 0 Å². The first-order valence-electron chi connectivity index (χ1n) is 8.07. The molecule has 3 heterocycles. The van der Waals surface area contributed by atoms with Crippen LogP contribution in [-0.2, 0) is 16.1 Å². The zero-order valence-corrected chi connectivity index (χ0v) is 14.2. The van der Waals surface area contributed by atoms with E-state index in [4.69, 9.17) is 19.1 Å². The number of halogens is 3. The quantitative estimate of drug-likeness (QED) is 0.887. The van der Waals surface area contributed by atoms with Gasteiger partial charge in [0.2, 0.25) is 0 Å². The first-order valence-corrected chi connectivity index (χ1v) is 8.07. The SMILES string of the molecule is CC(C)N1C2COCC1CN(Cc1ccoc1)C2.O=C(O)C(F)(F)F. The maximum absolute atomic E-state index is 10.6. The molecule has 1 aromatic heterocycles. The summed E-state index contributed by atoms with van der Waals surface area (Å²) in [5.41, 5.74) is 1.27. The molecule has 6 nitrogen and oxygen atoms in total. The molecule has 2 aliphatic rings. The summed E-state index contributed by atoms with van der Waals surface area (Å²) < 4.78 is 42.6. The van der Waals surface area contributed by atoms with Gasteiger partial charge in [0.25, 0.3) is 0 Å². The van der Waals surface area contributed by atoms with Gasteiger partial charge in [-0.1, -0.05) is 0 Å².